The van der Waals surface area contributed by atoms with Crippen molar-refractivity contribution in [1.82, 2.24) is 0 Å². The zero-order valence-electron chi connectivity index (χ0n) is 18.6. The fourth-order valence-electron chi connectivity index (χ4n) is 5.77. The van der Waals surface area contributed by atoms with Crippen LogP contribution in [0.4, 0.5) is 0 Å². The van der Waals surface area contributed by atoms with E-state index in [0.29, 0.717) is 16.2 Å². The fourth-order valence-corrected chi connectivity index (χ4v) is 5.97. The van der Waals surface area contributed by atoms with Crippen molar-refractivity contribution in [2.24, 2.45) is 23.5 Å². The van der Waals surface area contributed by atoms with Gasteiger partial charge in [0.05, 0.1) is 23.3 Å². The van der Waals surface area contributed by atoms with E-state index in [-0.39, 0.29) is 11.1 Å². The molecule has 2 unspecified atom stereocenters. The van der Waals surface area contributed by atoms with Crippen LogP contribution in [0.25, 0.3) is 11.6 Å². The first-order chi connectivity index (χ1) is 17.0. The summed E-state index contributed by atoms with van der Waals surface area (Å²) in [6.07, 6.45) is -2.08. The van der Waals surface area contributed by atoms with E-state index in [0.717, 1.165) is 0 Å². The molecule has 0 spiro atoms. The SMILES string of the molecule is NC(=O)C1C(=O)[C@@]2(O)C(O)=C3C(=O)c4c(O)cccc4/C(=C\c4cccc(Cl)c4)[C@H]3[C@H](O)[C@H]2CC1O. The Bertz CT molecular complexity index is 1400. The van der Waals surface area contributed by atoms with Crippen LogP contribution in [0, 0.1) is 17.8 Å². The van der Waals surface area contributed by atoms with Crippen molar-refractivity contribution in [3.8, 4) is 5.75 Å². The Labute approximate surface area is 209 Å². The number of hydrogen-bond donors (Lipinski definition) is 6. The van der Waals surface area contributed by atoms with Crippen LogP contribution in [0.3, 0.4) is 0 Å². The van der Waals surface area contributed by atoms with E-state index in [1.165, 1.54) is 12.1 Å². The van der Waals surface area contributed by atoms with E-state index in [1.54, 1.807) is 36.4 Å². The summed E-state index contributed by atoms with van der Waals surface area (Å²) in [5, 5.41) is 55.6. The quantitative estimate of drug-likeness (QED) is 0.327. The van der Waals surface area contributed by atoms with Crippen molar-refractivity contribution in [2.75, 3.05) is 0 Å². The highest BCUT2D eigenvalue weighted by molar-refractivity contribution is 6.30. The standard InChI is InChI=1S/C26H22ClNO8/c27-11-4-1-3-10(7-11)8-13-12-5-2-6-15(29)17(12)22(32)20-18(13)21(31)14-9-16(30)19(25(28)35)23(33)26(14,36)24(20)34/h1-8,14,16,18-19,21,29-31,34,36H,9H2,(H2,28,35)/b13-8+/t14-,16?,18-,19?,21-,26-/m1/s1. The van der Waals surface area contributed by atoms with Gasteiger partial charge in [0.25, 0.3) is 0 Å². The molecular formula is C26H22ClNO8. The van der Waals surface area contributed by atoms with Crippen molar-refractivity contribution < 1.29 is 39.9 Å². The minimum absolute atomic E-state index is 0.187. The van der Waals surface area contributed by atoms with Crippen LogP contribution >= 0.6 is 11.6 Å². The molecule has 2 aromatic rings. The number of phenols is 1. The highest BCUT2D eigenvalue weighted by Gasteiger charge is 2.65. The molecule has 0 heterocycles. The smallest absolute Gasteiger partial charge is 0.230 e. The number of fused-ring (bicyclic) bond motifs is 3. The van der Waals surface area contributed by atoms with E-state index in [9.17, 15) is 39.9 Å². The molecule has 5 rings (SSSR count). The number of Topliss-reactive ketones (excluding diaryl/α,β-unsaturated/α-hetero) is 2. The molecule has 0 aliphatic heterocycles. The fraction of sp³-hybridized carbons (Fsp3) is 0.269. The number of primary amides is 1. The molecule has 10 heteroatoms. The number of phenolic OH excluding ortho intramolecular Hbond substituents is 1. The van der Waals surface area contributed by atoms with Crippen LogP contribution in [-0.4, -0.2) is 60.8 Å². The summed E-state index contributed by atoms with van der Waals surface area (Å²) in [6, 6.07) is 11.0. The second-order valence-electron chi connectivity index (χ2n) is 9.33. The molecule has 186 valence electrons. The number of carbonyl (C=O) groups is 3. The number of benzene rings is 2. The number of ketones is 2. The van der Waals surface area contributed by atoms with Gasteiger partial charge in [-0.1, -0.05) is 41.9 Å². The first kappa shape index (κ1) is 24.2. The van der Waals surface area contributed by atoms with Gasteiger partial charge < -0.3 is 31.3 Å². The van der Waals surface area contributed by atoms with E-state index < -0.39 is 76.5 Å². The van der Waals surface area contributed by atoms with Crippen LogP contribution in [0.2, 0.25) is 5.02 Å². The molecule has 1 fully saturated rings. The molecule has 6 atom stereocenters. The average Bonchev–Trinajstić information content (AvgIpc) is 2.81. The van der Waals surface area contributed by atoms with Gasteiger partial charge in [-0.2, -0.15) is 0 Å². The van der Waals surface area contributed by atoms with E-state index in [2.05, 4.69) is 0 Å². The molecule has 3 aliphatic carbocycles. The third kappa shape index (κ3) is 3.24. The summed E-state index contributed by atoms with van der Waals surface area (Å²) >= 11 is 6.12. The largest absolute Gasteiger partial charge is 0.508 e. The molecule has 36 heavy (non-hydrogen) atoms. The Kier molecular flexibility index (Phi) is 5.57. The van der Waals surface area contributed by atoms with Gasteiger partial charge in [0.1, 0.15) is 17.4 Å². The van der Waals surface area contributed by atoms with Gasteiger partial charge in [0, 0.05) is 16.9 Å². The summed E-state index contributed by atoms with van der Waals surface area (Å²) in [4.78, 5) is 38.6. The summed E-state index contributed by atoms with van der Waals surface area (Å²) < 4.78 is 0. The average molecular weight is 512 g/mol. The molecule has 0 saturated heterocycles. The minimum Gasteiger partial charge on any atom is -0.508 e. The third-order valence-electron chi connectivity index (χ3n) is 7.39. The number of aliphatic hydroxyl groups excluding tert-OH is 3. The van der Waals surface area contributed by atoms with E-state index in [1.807, 2.05) is 0 Å². The molecular weight excluding hydrogens is 490 g/mol. The van der Waals surface area contributed by atoms with Gasteiger partial charge in [-0.15, -0.1) is 0 Å². The lowest BCUT2D eigenvalue weighted by molar-refractivity contribution is -0.177. The maximum Gasteiger partial charge on any atom is 0.230 e. The number of carbonyl (C=O) groups excluding carboxylic acids is 3. The van der Waals surface area contributed by atoms with Crippen molar-refractivity contribution in [3.05, 3.63) is 75.5 Å². The second kappa shape index (κ2) is 8.28. The summed E-state index contributed by atoms with van der Waals surface area (Å²) in [7, 11) is 0. The predicted molar refractivity (Wildman–Crippen MR) is 128 cm³/mol. The Morgan fingerprint density at radius 2 is 1.81 bits per heavy atom. The van der Waals surface area contributed by atoms with Crippen LogP contribution in [-0.2, 0) is 9.59 Å². The van der Waals surface area contributed by atoms with Crippen LogP contribution in [0.1, 0.15) is 27.9 Å². The van der Waals surface area contributed by atoms with Gasteiger partial charge in [-0.05, 0) is 41.3 Å². The van der Waals surface area contributed by atoms with Gasteiger partial charge in [-0.3, -0.25) is 14.4 Å². The molecule has 2 aromatic carbocycles. The molecule has 3 aliphatic rings. The first-order valence-corrected chi connectivity index (χ1v) is 11.6. The van der Waals surface area contributed by atoms with Gasteiger partial charge >= 0.3 is 0 Å². The highest BCUT2D eigenvalue weighted by atomic mass is 35.5. The number of aliphatic hydroxyl groups is 4. The van der Waals surface area contributed by atoms with E-state index >= 15 is 0 Å². The first-order valence-electron chi connectivity index (χ1n) is 11.2. The zero-order chi connectivity index (χ0) is 26.1. The molecule has 9 nitrogen and oxygen atoms in total. The number of hydrogen-bond acceptors (Lipinski definition) is 8. The molecule has 0 bridgehead atoms. The number of nitrogens with two attached hydrogens (primary N) is 1. The molecule has 1 amide bonds. The van der Waals surface area contributed by atoms with Crippen molar-refractivity contribution in [2.45, 2.75) is 24.2 Å². The lowest BCUT2D eigenvalue weighted by Crippen LogP contribution is -2.66. The molecule has 0 aromatic heterocycles. The summed E-state index contributed by atoms with van der Waals surface area (Å²) in [5.41, 5.74) is 2.92. The highest BCUT2D eigenvalue weighted by Crippen LogP contribution is 2.55. The Morgan fingerprint density at radius 3 is 2.47 bits per heavy atom. The monoisotopic (exact) mass is 511 g/mol. The van der Waals surface area contributed by atoms with Crippen molar-refractivity contribution in [1.29, 1.82) is 0 Å². The molecule has 1 saturated carbocycles. The van der Waals surface area contributed by atoms with Gasteiger partial charge in [-0.25, -0.2) is 0 Å². The lowest BCUT2D eigenvalue weighted by Gasteiger charge is -2.51. The molecule has 0 radical (unpaired) electrons. The maximum atomic E-state index is 13.6. The van der Waals surface area contributed by atoms with Crippen LogP contribution < -0.4 is 5.73 Å². The number of halogens is 1. The van der Waals surface area contributed by atoms with Crippen LogP contribution in [0.5, 0.6) is 5.75 Å². The topological polar surface area (TPSA) is 178 Å². The number of aromatic hydroxyl groups is 1. The van der Waals surface area contributed by atoms with Crippen LogP contribution in [0.15, 0.2) is 53.8 Å². The maximum absolute atomic E-state index is 13.6. The third-order valence-corrected chi connectivity index (χ3v) is 7.63. The second-order valence-corrected chi connectivity index (χ2v) is 9.77. The van der Waals surface area contributed by atoms with Gasteiger partial charge in [0.2, 0.25) is 5.91 Å². The van der Waals surface area contributed by atoms with Crippen molar-refractivity contribution in [3.63, 3.8) is 0 Å². The predicted octanol–water partition coefficient (Wildman–Crippen LogP) is 1.37. The Hall–Kier alpha value is -3.50. The normalized spacial score (nSPS) is 32.7. The Balaban J connectivity index is 1.81. The van der Waals surface area contributed by atoms with E-state index in [4.69, 9.17) is 17.3 Å². The number of rotatable bonds is 2. The molecule has 7 N–H and O–H groups in total. The minimum atomic E-state index is -2.84. The lowest BCUT2D eigenvalue weighted by atomic mass is 9.55. The number of amides is 1. The zero-order valence-corrected chi connectivity index (χ0v) is 19.4. The summed E-state index contributed by atoms with van der Waals surface area (Å²) in [5.74, 6) is -9.40. The van der Waals surface area contributed by atoms with Crippen molar-refractivity contribution >= 4 is 40.7 Å². The van der Waals surface area contributed by atoms with Gasteiger partial charge in [0.15, 0.2) is 17.2 Å². The summed E-state index contributed by atoms with van der Waals surface area (Å²) in [6.45, 7) is 0. The Morgan fingerprint density at radius 1 is 1.11 bits per heavy atom.